The Morgan fingerprint density at radius 1 is 1.39 bits per heavy atom. The number of fused-ring (bicyclic) bond motifs is 1. The molecule has 1 amide bonds. The third kappa shape index (κ3) is 3.37. The van der Waals surface area contributed by atoms with E-state index >= 15 is 0 Å². The second-order valence-corrected chi connectivity index (χ2v) is 7.95. The largest absolute Gasteiger partial charge is 0.444 e. The number of hydrogen-bond donors (Lipinski definition) is 0. The lowest BCUT2D eigenvalue weighted by molar-refractivity contribution is 0.0289. The molecule has 0 bridgehead atoms. The topological polar surface area (TPSA) is 47.4 Å². The molecule has 0 N–H and O–H groups in total. The minimum Gasteiger partial charge on any atom is -0.444 e. The lowest BCUT2D eigenvalue weighted by atomic mass is 10.2. The summed E-state index contributed by atoms with van der Waals surface area (Å²) in [5, 5.41) is 0. The summed E-state index contributed by atoms with van der Waals surface area (Å²) in [6, 6.07) is 6.34. The third-order valence-electron chi connectivity index (χ3n) is 4.01. The highest BCUT2D eigenvalue weighted by molar-refractivity contribution is 9.10. The first-order valence-electron chi connectivity index (χ1n) is 7.86. The van der Waals surface area contributed by atoms with Crippen molar-refractivity contribution in [1.82, 2.24) is 14.5 Å². The van der Waals surface area contributed by atoms with E-state index in [-0.39, 0.29) is 12.1 Å². The number of carbonyl (C=O) groups excluding carboxylic acids is 1. The van der Waals surface area contributed by atoms with Crippen molar-refractivity contribution >= 4 is 33.1 Å². The summed E-state index contributed by atoms with van der Waals surface area (Å²) < 4.78 is 8.75. The van der Waals surface area contributed by atoms with Gasteiger partial charge in [0.2, 0.25) is 0 Å². The van der Waals surface area contributed by atoms with Crippen molar-refractivity contribution in [2.75, 3.05) is 13.1 Å². The van der Waals surface area contributed by atoms with E-state index in [1.807, 2.05) is 39.8 Å². The van der Waals surface area contributed by atoms with Crippen molar-refractivity contribution < 1.29 is 9.53 Å². The number of imidazole rings is 1. The van der Waals surface area contributed by atoms with Crippen molar-refractivity contribution in [1.29, 1.82) is 0 Å². The zero-order chi connectivity index (χ0) is 16.8. The van der Waals surface area contributed by atoms with Gasteiger partial charge in [-0.2, -0.15) is 0 Å². The van der Waals surface area contributed by atoms with Gasteiger partial charge < -0.3 is 14.2 Å². The van der Waals surface area contributed by atoms with Gasteiger partial charge in [-0.3, -0.25) is 0 Å². The number of benzene rings is 1. The highest BCUT2D eigenvalue weighted by Gasteiger charge is 2.32. The van der Waals surface area contributed by atoms with Gasteiger partial charge in [-0.25, -0.2) is 9.78 Å². The molecule has 0 spiro atoms. The lowest BCUT2D eigenvalue weighted by Crippen LogP contribution is -2.35. The Morgan fingerprint density at radius 3 is 2.83 bits per heavy atom. The Balaban J connectivity index is 1.83. The van der Waals surface area contributed by atoms with E-state index in [0.29, 0.717) is 13.1 Å². The number of rotatable bonds is 1. The van der Waals surface area contributed by atoms with Crippen molar-refractivity contribution in [3.8, 4) is 0 Å². The maximum atomic E-state index is 12.3. The zero-order valence-corrected chi connectivity index (χ0v) is 15.6. The van der Waals surface area contributed by atoms with E-state index in [0.717, 1.165) is 27.8 Å². The number of amides is 1. The normalized spacial score (nSPS) is 18.7. The zero-order valence-electron chi connectivity index (χ0n) is 14.0. The monoisotopic (exact) mass is 379 g/mol. The molecule has 2 aromatic rings. The van der Waals surface area contributed by atoms with Crippen LogP contribution in [0.1, 0.15) is 39.1 Å². The van der Waals surface area contributed by atoms with E-state index in [4.69, 9.17) is 4.74 Å². The summed E-state index contributed by atoms with van der Waals surface area (Å²) in [4.78, 5) is 18.7. The summed E-state index contributed by atoms with van der Waals surface area (Å²) in [5.74, 6) is 0.981. The van der Waals surface area contributed by atoms with Crippen LogP contribution in [-0.2, 0) is 4.74 Å². The van der Waals surface area contributed by atoms with Crippen LogP contribution in [0.25, 0.3) is 11.0 Å². The van der Waals surface area contributed by atoms with Crippen LogP contribution in [0, 0.1) is 6.92 Å². The number of aromatic nitrogens is 2. The Labute approximate surface area is 144 Å². The predicted octanol–water partition coefficient (Wildman–Crippen LogP) is 4.29. The van der Waals surface area contributed by atoms with Gasteiger partial charge in [-0.05, 0) is 52.3 Å². The fourth-order valence-electron chi connectivity index (χ4n) is 3.09. The summed E-state index contributed by atoms with van der Waals surface area (Å²) in [7, 11) is 0. The number of halogens is 1. The van der Waals surface area contributed by atoms with Gasteiger partial charge in [-0.15, -0.1) is 0 Å². The van der Waals surface area contributed by atoms with Gasteiger partial charge in [0.05, 0.1) is 17.1 Å². The number of ether oxygens (including phenoxy) is 1. The van der Waals surface area contributed by atoms with Crippen LogP contribution < -0.4 is 0 Å². The van der Waals surface area contributed by atoms with Gasteiger partial charge in [0.1, 0.15) is 11.4 Å². The van der Waals surface area contributed by atoms with Crippen LogP contribution in [0.2, 0.25) is 0 Å². The average molecular weight is 380 g/mol. The van der Waals surface area contributed by atoms with E-state index in [1.54, 1.807) is 4.90 Å². The minimum absolute atomic E-state index is 0.233. The molecule has 1 fully saturated rings. The Morgan fingerprint density at radius 2 is 2.13 bits per heavy atom. The van der Waals surface area contributed by atoms with Crippen molar-refractivity contribution in [2.45, 2.75) is 45.8 Å². The van der Waals surface area contributed by atoms with Gasteiger partial charge >= 0.3 is 6.09 Å². The van der Waals surface area contributed by atoms with Crippen LogP contribution in [0.4, 0.5) is 4.79 Å². The van der Waals surface area contributed by atoms with Crippen LogP contribution in [-0.4, -0.2) is 39.2 Å². The van der Waals surface area contributed by atoms with E-state index in [2.05, 4.69) is 31.5 Å². The second kappa shape index (κ2) is 5.82. The Bertz CT molecular complexity index is 748. The molecule has 3 rings (SSSR count). The fraction of sp³-hybridized carbons (Fsp3) is 0.529. The van der Waals surface area contributed by atoms with Crippen LogP contribution in [0.5, 0.6) is 0 Å². The first-order chi connectivity index (χ1) is 10.7. The number of carbonyl (C=O) groups is 1. The molecule has 1 saturated heterocycles. The molecule has 0 radical (unpaired) electrons. The van der Waals surface area contributed by atoms with E-state index < -0.39 is 5.60 Å². The molecule has 0 aliphatic carbocycles. The van der Waals surface area contributed by atoms with E-state index in [9.17, 15) is 4.79 Å². The molecule has 23 heavy (non-hydrogen) atoms. The van der Waals surface area contributed by atoms with Gasteiger partial charge in [0.25, 0.3) is 0 Å². The molecule has 1 aliphatic rings. The quantitative estimate of drug-likeness (QED) is 0.742. The fourth-order valence-corrected chi connectivity index (χ4v) is 3.44. The molecule has 124 valence electrons. The first-order valence-corrected chi connectivity index (χ1v) is 8.66. The number of likely N-dealkylation sites (tertiary alicyclic amines) is 1. The van der Waals surface area contributed by atoms with Crippen molar-refractivity contribution in [2.24, 2.45) is 0 Å². The molecular weight excluding hydrogens is 358 g/mol. The van der Waals surface area contributed by atoms with Crippen molar-refractivity contribution in [3.05, 3.63) is 28.5 Å². The Kier molecular flexibility index (Phi) is 4.12. The van der Waals surface area contributed by atoms with Crippen LogP contribution in [0.3, 0.4) is 0 Å². The summed E-state index contributed by atoms with van der Waals surface area (Å²) in [5.41, 5.74) is 1.63. The molecule has 1 aliphatic heterocycles. The highest BCUT2D eigenvalue weighted by Crippen LogP contribution is 2.30. The van der Waals surface area contributed by atoms with Crippen LogP contribution in [0.15, 0.2) is 22.7 Å². The predicted molar refractivity (Wildman–Crippen MR) is 93.6 cm³/mol. The van der Waals surface area contributed by atoms with Crippen molar-refractivity contribution in [3.63, 3.8) is 0 Å². The molecular formula is C17H22BrN3O2. The molecule has 1 atom stereocenters. The highest BCUT2D eigenvalue weighted by atomic mass is 79.9. The summed E-state index contributed by atoms with van der Waals surface area (Å²) in [6.45, 7) is 9.07. The lowest BCUT2D eigenvalue weighted by Gasteiger charge is -2.24. The number of hydrogen-bond acceptors (Lipinski definition) is 3. The Hall–Kier alpha value is -1.56. The van der Waals surface area contributed by atoms with Gasteiger partial charge in [-0.1, -0.05) is 15.9 Å². The summed E-state index contributed by atoms with van der Waals surface area (Å²) >= 11 is 3.53. The van der Waals surface area contributed by atoms with Gasteiger partial charge in [0, 0.05) is 17.6 Å². The smallest absolute Gasteiger partial charge is 0.410 e. The maximum Gasteiger partial charge on any atom is 0.410 e. The second-order valence-electron chi connectivity index (χ2n) is 7.03. The number of nitrogens with zero attached hydrogens (tertiary/aromatic N) is 3. The SMILES string of the molecule is Cc1nc2ccc(Br)cc2n1[C@@H]1CCN(C(=O)OC(C)(C)C)C1. The summed E-state index contributed by atoms with van der Waals surface area (Å²) in [6.07, 6.45) is 0.682. The average Bonchev–Trinajstić information content (AvgIpc) is 3.00. The molecule has 1 aromatic heterocycles. The standard InChI is InChI=1S/C17H22BrN3O2/c1-11-19-14-6-5-12(18)9-15(14)21(11)13-7-8-20(10-13)16(22)23-17(2,3)4/h5-6,9,13H,7-8,10H2,1-4H3/t13-/m1/s1. The molecule has 2 heterocycles. The molecule has 6 heteroatoms. The number of aryl methyl sites for hydroxylation is 1. The molecule has 5 nitrogen and oxygen atoms in total. The molecule has 0 saturated carbocycles. The minimum atomic E-state index is -0.461. The van der Waals surface area contributed by atoms with Crippen LogP contribution >= 0.6 is 15.9 Å². The third-order valence-corrected chi connectivity index (χ3v) is 4.50. The maximum absolute atomic E-state index is 12.3. The van der Waals surface area contributed by atoms with Gasteiger partial charge in [0.15, 0.2) is 0 Å². The molecule has 0 unspecified atom stereocenters. The first kappa shape index (κ1) is 16.3. The van der Waals surface area contributed by atoms with E-state index in [1.165, 1.54) is 0 Å². The molecule has 1 aromatic carbocycles.